The Bertz CT molecular complexity index is 605. The van der Waals surface area contributed by atoms with E-state index in [2.05, 4.69) is 29.3 Å². The highest BCUT2D eigenvalue weighted by Gasteiger charge is 2.21. The van der Waals surface area contributed by atoms with Crippen molar-refractivity contribution in [3.8, 4) is 0 Å². The number of oxazole rings is 1. The second-order valence-electron chi connectivity index (χ2n) is 4.70. The Hall–Kier alpha value is -1.83. The number of benzene rings is 1. The largest absolute Gasteiger partial charge is 0.443 e. The van der Waals surface area contributed by atoms with Gasteiger partial charge < -0.3 is 4.42 Å². The molecule has 1 aromatic carbocycles. The fraction of sp³-hybridized carbons (Fsp3) is 0.267. The van der Waals surface area contributed by atoms with E-state index < -0.39 is 0 Å². The third-order valence-electron chi connectivity index (χ3n) is 3.77. The van der Waals surface area contributed by atoms with E-state index in [0.29, 0.717) is 0 Å². The molecule has 0 bridgehead atoms. The first-order valence-electron chi connectivity index (χ1n) is 6.19. The molecule has 0 saturated heterocycles. The highest BCUT2D eigenvalue weighted by atomic mass is 16.3. The van der Waals surface area contributed by atoms with Gasteiger partial charge in [0.05, 0.1) is 0 Å². The third kappa shape index (κ3) is 1.18. The van der Waals surface area contributed by atoms with Crippen LogP contribution >= 0.6 is 0 Å². The standard InChI is InChI=1S/C15H13NO/c1-3-7-12-10(5-1)11-6-2-4-8-13(11)15-14(12)16-9-17-15/h3-4,7-9H,1-2,5-6H2. The van der Waals surface area contributed by atoms with Crippen LogP contribution in [0.15, 0.2) is 23.0 Å². The SMILES string of the molecule is C1=Cc2c(c3c(c4ocnc24)C=CCC3)CC1. The van der Waals surface area contributed by atoms with Crippen molar-refractivity contribution in [2.45, 2.75) is 25.7 Å². The van der Waals surface area contributed by atoms with Crippen LogP contribution < -0.4 is 0 Å². The fourth-order valence-corrected chi connectivity index (χ4v) is 3.02. The van der Waals surface area contributed by atoms with Gasteiger partial charge in [-0.05, 0) is 36.8 Å². The van der Waals surface area contributed by atoms with Crippen molar-refractivity contribution >= 4 is 23.3 Å². The van der Waals surface area contributed by atoms with Gasteiger partial charge in [-0.15, -0.1) is 0 Å². The predicted octanol–water partition coefficient (Wildman–Crippen LogP) is 3.75. The number of rotatable bonds is 0. The average Bonchev–Trinajstić information content (AvgIpc) is 2.89. The topological polar surface area (TPSA) is 26.0 Å². The van der Waals surface area contributed by atoms with Crippen LogP contribution in [0.3, 0.4) is 0 Å². The number of hydrogen-bond donors (Lipinski definition) is 0. The van der Waals surface area contributed by atoms with Crippen LogP contribution in [-0.4, -0.2) is 4.98 Å². The molecule has 4 rings (SSSR count). The summed E-state index contributed by atoms with van der Waals surface area (Å²) in [6.45, 7) is 0. The highest BCUT2D eigenvalue weighted by molar-refractivity contribution is 5.93. The number of fused-ring (bicyclic) bond motifs is 6. The van der Waals surface area contributed by atoms with Crippen molar-refractivity contribution in [3.63, 3.8) is 0 Å². The van der Waals surface area contributed by atoms with E-state index in [4.69, 9.17) is 4.42 Å². The first kappa shape index (κ1) is 9.23. The molecular formula is C15H13NO. The number of allylic oxidation sites excluding steroid dienone is 2. The Morgan fingerprint density at radius 2 is 1.65 bits per heavy atom. The molecule has 2 aromatic rings. The lowest BCUT2D eigenvalue weighted by Gasteiger charge is -2.20. The maximum Gasteiger partial charge on any atom is 0.182 e. The molecule has 0 amide bonds. The van der Waals surface area contributed by atoms with Gasteiger partial charge in [0, 0.05) is 11.1 Å². The van der Waals surface area contributed by atoms with E-state index in [1.807, 2.05) is 0 Å². The van der Waals surface area contributed by atoms with Crippen LogP contribution in [0.1, 0.15) is 35.1 Å². The minimum absolute atomic E-state index is 0.959. The Morgan fingerprint density at radius 3 is 2.47 bits per heavy atom. The monoisotopic (exact) mass is 223 g/mol. The number of nitrogens with zero attached hydrogens (tertiary/aromatic N) is 1. The van der Waals surface area contributed by atoms with E-state index in [9.17, 15) is 0 Å². The van der Waals surface area contributed by atoms with Gasteiger partial charge in [0.15, 0.2) is 12.0 Å². The van der Waals surface area contributed by atoms with Crippen molar-refractivity contribution in [2.75, 3.05) is 0 Å². The highest BCUT2D eigenvalue weighted by Crippen LogP contribution is 2.37. The zero-order valence-electron chi connectivity index (χ0n) is 9.57. The molecule has 2 nitrogen and oxygen atoms in total. The van der Waals surface area contributed by atoms with Crippen LogP contribution in [0.25, 0.3) is 23.3 Å². The average molecular weight is 223 g/mol. The molecule has 0 atom stereocenters. The zero-order valence-corrected chi connectivity index (χ0v) is 9.57. The fourth-order valence-electron chi connectivity index (χ4n) is 3.02. The molecule has 1 heterocycles. The maximum atomic E-state index is 5.59. The second kappa shape index (κ2) is 3.33. The molecule has 2 heteroatoms. The molecule has 0 unspecified atom stereocenters. The van der Waals surface area contributed by atoms with Gasteiger partial charge in [-0.2, -0.15) is 0 Å². The van der Waals surface area contributed by atoms with Crippen molar-refractivity contribution in [1.29, 1.82) is 0 Å². The molecule has 0 fully saturated rings. The molecule has 2 aliphatic carbocycles. The Kier molecular flexibility index (Phi) is 1.81. The maximum absolute atomic E-state index is 5.59. The zero-order chi connectivity index (χ0) is 11.2. The minimum Gasteiger partial charge on any atom is -0.443 e. The Balaban J connectivity index is 2.20. The first-order valence-corrected chi connectivity index (χ1v) is 6.19. The lowest BCUT2D eigenvalue weighted by molar-refractivity contribution is 0.600. The summed E-state index contributed by atoms with van der Waals surface area (Å²) in [6, 6.07) is 0. The first-order chi connectivity index (χ1) is 8.45. The normalized spacial score (nSPS) is 17.2. The van der Waals surface area contributed by atoms with Crippen LogP contribution in [-0.2, 0) is 12.8 Å². The number of hydrogen-bond acceptors (Lipinski definition) is 2. The summed E-state index contributed by atoms with van der Waals surface area (Å²) in [4.78, 5) is 4.39. The summed E-state index contributed by atoms with van der Waals surface area (Å²) in [5, 5.41) is 0. The molecule has 0 saturated carbocycles. The van der Waals surface area contributed by atoms with Crippen molar-refractivity contribution in [2.24, 2.45) is 0 Å². The summed E-state index contributed by atoms with van der Waals surface area (Å²) in [5.41, 5.74) is 7.51. The van der Waals surface area contributed by atoms with E-state index in [0.717, 1.165) is 36.8 Å². The van der Waals surface area contributed by atoms with Crippen LogP contribution in [0.2, 0.25) is 0 Å². The Labute approximate surface area is 99.7 Å². The predicted molar refractivity (Wildman–Crippen MR) is 68.7 cm³/mol. The van der Waals surface area contributed by atoms with Crippen molar-refractivity contribution in [3.05, 3.63) is 40.8 Å². The minimum atomic E-state index is 0.959. The molecule has 0 radical (unpaired) electrons. The smallest absolute Gasteiger partial charge is 0.182 e. The molecule has 0 N–H and O–H groups in total. The van der Waals surface area contributed by atoms with Gasteiger partial charge in [0.25, 0.3) is 0 Å². The molecular weight excluding hydrogens is 210 g/mol. The Morgan fingerprint density at radius 1 is 0.941 bits per heavy atom. The molecule has 1 aromatic heterocycles. The van der Waals surface area contributed by atoms with Crippen LogP contribution in [0.5, 0.6) is 0 Å². The molecule has 0 spiro atoms. The summed E-state index contributed by atoms with van der Waals surface area (Å²) in [6.07, 6.45) is 15.0. The van der Waals surface area contributed by atoms with E-state index in [1.54, 1.807) is 6.39 Å². The van der Waals surface area contributed by atoms with E-state index in [1.165, 1.54) is 22.3 Å². The molecule has 84 valence electrons. The van der Waals surface area contributed by atoms with Crippen molar-refractivity contribution < 1.29 is 4.42 Å². The van der Waals surface area contributed by atoms with Gasteiger partial charge in [-0.3, -0.25) is 0 Å². The van der Waals surface area contributed by atoms with Crippen molar-refractivity contribution in [1.82, 2.24) is 4.98 Å². The van der Waals surface area contributed by atoms with Gasteiger partial charge in [0.1, 0.15) is 5.52 Å². The lowest BCUT2D eigenvalue weighted by Crippen LogP contribution is -2.06. The van der Waals surface area contributed by atoms with Gasteiger partial charge in [-0.1, -0.05) is 24.3 Å². The lowest BCUT2D eigenvalue weighted by atomic mass is 9.84. The second-order valence-corrected chi connectivity index (χ2v) is 4.70. The quantitative estimate of drug-likeness (QED) is 0.679. The molecule has 2 aliphatic rings. The molecule has 17 heavy (non-hydrogen) atoms. The summed E-state index contributed by atoms with van der Waals surface area (Å²) < 4.78 is 5.59. The third-order valence-corrected chi connectivity index (χ3v) is 3.77. The summed E-state index contributed by atoms with van der Waals surface area (Å²) in [7, 11) is 0. The van der Waals surface area contributed by atoms with E-state index >= 15 is 0 Å². The van der Waals surface area contributed by atoms with E-state index in [-0.39, 0.29) is 0 Å². The summed E-state index contributed by atoms with van der Waals surface area (Å²) >= 11 is 0. The van der Waals surface area contributed by atoms with Gasteiger partial charge in [-0.25, -0.2) is 4.98 Å². The van der Waals surface area contributed by atoms with Crippen LogP contribution in [0.4, 0.5) is 0 Å². The van der Waals surface area contributed by atoms with Gasteiger partial charge >= 0.3 is 0 Å². The van der Waals surface area contributed by atoms with Gasteiger partial charge in [0.2, 0.25) is 0 Å². The van der Waals surface area contributed by atoms with Crippen LogP contribution in [0, 0.1) is 0 Å². The molecule has 0 aliphatic heterocycles. The summed E-state index contributed by atoms with van der Waals surface area (Å²) in [5.74, 6) is 0. The number of aromatic nitrogens is 1.